The first kappa shape index (κ1) is 18.8. The van der Waals surface area contributed by atoms with Crippen LogP contribution in [-0.2, 0) is 9.53 Å². The summed E-state index contributed by atoms with van der Waals surface area (Å²) < 4.78 is 5.28. The second kappa shape index (κ2) is 8.15. The molecule has 2 N–H and O–H groups in total. The molecule has 0 radical (unpaired) electrons. The molecular weight excluding hydrogens is 340 g/mol. The molecule has 2 fully saturated rings. The van der Waals surface area contributed by atoms with Crippen LogP contribution in [0.3, 0.4) is 0 Å². The Morgan fingerprint density at radius 2 is 1.77 bits per heavy atom. The van der Waals surface area contributed by atoms with E-state index < -0.39 is 17.0 Å². The summed E-state index contributed by atoms with van der Waals surface area (Å²) in [5, 5.41) is 13.1. The van der Waals surface area contributed by atoms with Crippen molar-refractivity contribution in [3.8, 4) is 0 Å². The molecule has 0 aromatic heterocycles. The summed E-state index contributed by atoms with van der Waals surface area (Å²) in [6, 6.07) is 0. The summed E-state index contributed by atoms with van der Waals surface area (Å²) in [4.78, 5) is 41.0. The van der Waals surface area contributed by atoms with E-state index in [1.807, 2.05) is 4.90 Å². The standard InChI is InChI=1S/C17H26N4O5/c1-12(22)20-2-4-21(5-3-20)15-14(16(24)17(15)25)18-10-13(23)11-19-6-8-26-9-7-19/h13,18,23H,2-11H2,1H3/t13-/m1/s1. The Hall–Kier alpha value is -1.97. The number of amides is 1. The number of aliphatic hydroxyl groups is 1. The minimum Gasteiger partial charge on any atom is -0.390 e. The lowest BCUT2D eigenvalue weighted by Gasteiger charge is -2.36. The van der Waals surface area contributed by atoms with Gasteiger partial charge in [0.25, 0.3) is 10.9 Å². The van der Waals surface area contributed by atoms with Gasteiger partial charge in [0.1, 0.15) is 11.4 Å². The van der Waals surface area contributed by atoms with E-state index in [0.717, 1.165) is 13.1 Å². The number of anilines is 2. The Morgan fingerprint density at radius 1 is 1.12 bits per heavy atom. The molecule has 2 heterocycles. The normalized spacial score (nSPS) is 20.4. The number of ether oxygens (including phenoxy) is 1. The van der Waals surface area contributed by atoms with Gasteiger partial charge >= 0.3 is 0 Å². The predicted octanol–water partition coefficient (Wildman–Crippen LogP) is -1.94. The molecule has 0 bridgehead atoms. The fraction of sp³-hybridized carbons (Fsp3) is 0.706. The van der Waals surface area contributed by atoms with Crippen molar-refractivity contribution in [2.24, 2.45) is 0 Å². The number of hydrogen-bond acceptors (Lipinski definition) is 8. The topological polar surface area (TPSA) is 102 Å². The summed E-state index contributed by atoms with van der Waals surface area (Å²) in [7, 11) is 0. The summed E-state index contributed by atoms with van der Waals surface area (Å²) >= 11 is 0. The highest BCUT2D eigenvalue weighted by Gasteiger charge is 2.29. The van der Waals surface area contributed by atoms with E-state index in [9.17, 15) is 19.5 Å². The second-order valence-electron chi connectivity index (χ2n) is 6.82. The molecule has 0 unspecified atom stereocenters. The molecule has 26 heavy (non-hydrogen) atoms. The summed E-state index contributed by atoms with van der Waals surface area (Å²) in [5.41, 5.74) is -0.358. The van der Waals surface area contributed by atoms with Crippen LogP contribution in [-0.4, -0.2) is 92.5 Å². The number of carbonyl (C=O) groups is 1. The van der Waals surface area contributed by atoms with Gasteiger partial charge in [-0.1, -0.05) is 0 Å². The highest BCUT2D eigenvalue weighted by Crippen LogP contribution is 2.21. The number of nitrogens with one attached hydrogen (secondary N) is 1. The van der Waals surface area contributed by atoms with Gasteiger partial charge in [0, 0.05) is 59.3 Å². The van der Waals surface area contributed by atoms with E-state index in [2.05, 4.69) is 10.2 Å². The van der Waals surface area contributed by atoms with Crippen LogP contribution >= 0.6 is 0 Å². The molecule has 0 spiro atoms. The summed E-state index contributed by atoms with van der Waals surface area (Å²) in [6.45, 7) is 7.23. The van der Waals surface area contributed by atoms with Crippen LogP contribution in [0.5, 0.6) is 0 Å². The maximum Gasteiger partial charge on any atom is 0.253 e. The number of aliphatic hydroxyl groups excluding tert-OH is 1. The van der Waals surface area contributed by atoms with Crippen LogP contribution in [0, 0.1) is 0 Å². The monoisotopic (exact) mass is 366 g/mol. The SMILES string of the molecule is CC(=O)N1CCN(c2c(NC[C@@H](O)CN3CCOCC3)c(=O)c2=O)CC1. The van der Waals surface area contributed by atoms with Crippen LogP contribution < -0.4 is 21.1 Å². The predicted molar refractivity (Wildman–Crippen MR) is 97.6 cm³/mol. The smallest absolute Gasteiger partial charge is 0.253 e. The molecule has 1 aromatic carbocycles. The van der Waals surface area contributed by atoms with E-state index in [1.54, 1.807) is 4.90 Å². The molecule has 144 valence electrons. The molecular formula is C17H26N4O5. The molecule has 0 saturated carbocycles. The number of rotatable bonds is 6. The van der Waals surface area contributed by atoms with Gasteiger partial charge in [0.15, 0.2) is 0 Å². The first-order valence-electron chi connectivity index (χ1n) is 9.03. The Balaban J connectivity index is 1.54. The molecule has 2 saturated heterocycles. The maximum atomic E-state index is 12.0. The third kappa shape index (κ3) is 4.05. The van der Waals surface area contributed by atoms with Gasteiger partial charge < -0.3 is 25.0 Å². The van der Waals surface area contributed by atoms with Crippen molar-refractivity contribution < 1.29 is 14.6 Å². The van der Waals surface area contributed by atoms with Crippen molar-refractivity contribution in [2.75, 3.05) is 75.8 Å². The Morgan fingerprint density at radius 3 is 2.38 bits per heavy atom. The molecule has 1 aromatic rings. The Labute approximate surface area is 151 Å². The van der Waals surface area contributed by atoms with Gasteiger partial charge in [0.05, 0.1) is 19.3 Å². The third-order valence-corrected chi connectivity index (χ3v) is 5.01. The van der Waals surface area contributed by atoms with Crippen molar-refractivity contribution in [3.05, 3.63) is 20.4 Å². The minimum absolute atomic E-state index is 0.0132. The lowest BCUT2D eigenvalue weighted by Crippen LogP contribution is -2.52. The average Bonchev–Trinajstić information content (AvgIpc) is 2.65. The van der Waals surface area contributed by atoms with E-state index in [0.29, 0.717) is 51.6 Å². The molecule has 2 aliphatic heterocycles. The van der Waals surface area contributed by atoms with Crippen LogP contribution in [0.15, 0.2) is 9.59 Å². The largest absolute Gasteiger partial charge is 0.390 e. The average molecular weight is 366 g/mol. The summed E-state index contributed by atoms with van der Waals surface area (Å²) in [6.07, 6.45) is -0.639. The van der Waals surface area contributed by atoms with Crippen LogP contribution in [0.1, 0.15) is 6.92 Å². The molecule has 9 nitrogen and oxygen atoms in total. The number of morpholine rings is 1. The lowest BCUT2D eigenvalue weighted by molar-refractivity contribution is -0.129. The van der Waals surface area contributed by atoms with Crippen LogP contribution in [0.4, 0.5) is 11.4 Å². The lowest BCUT2D eigenvalue weighted by atomic mass is 10.1. The van der Waals surface area contributed by atoms with E-state index in [4.69, 9.17) is 4.74 Å². The second-order valence-corrected chi connectivity index (χ2v) is 6.82. The van der Waals surface area contributed by atoms with Gasteiger partial charge in [-0.05, 0) is 0 Å². The van der Waals surface area contributed by atoms with Gasteiger partial charge in [-0.3, -0.25) is 19.3 Å². The molecule has 3 rings (SSSR count). The number of nitrogens with zero attached hydrogens (tertiary/aromatic N) is 3. The highest BCUT2D eigenvalue weighted by atomic mass is 16.5. The first-order chi connectivity index (χ1) is 12.5. The number of β-amino-alcohol motifs (C(OH)–C–C–N with tert-alkyl or cyclic N) is 1. The first-order valence-corrected chi connectivity index (χ1v) is 9.03. The third-order valence-electron chi connectivity index (χ3n) is 5.01. The number of carbonyl (C=O) groups excluding carboxylic acids is 1. The quantitative estimate of drug-likeness (QED) is 0.561. The van der Waals surface area contributed by atoms with Crippen molar-refractivity contribution >= 4 is 17.3 Å². The van der Waals surface area contributed by atoms with Crippen molar-refractivity contribution in [1.29, 1.82) is 0 Å². The molecule has 9 heteroatoms. The zero-order valence-electron chi connectivity index (χ0n) is 15.1. The van der Waals surface area contributed by atoms with Crippen molar-refractivity contribution in [1.82, 2.24) is 9.80 Å². The minimum atomic E-state index is -0.639. The van der Waals surface area contributed by atoms with Crippen molar-refractivity contribution in [3.63, 3.8) is 0 Å². The maximum absolute atomic E-state index is 12.0. The Bertz CT molecular complexity index is 700. The fourth-order valence-corrected chi connectivity index (χ4v) is 3.46. The summed E-state index contributed by atoms with van der Waals surface area (Å²) in [5.74, 6) is 0.0132. The van der Waals surface area contributed by atoms with Crippen LogP contribution in [0.2, 0.25) is 0 Å². The van der Waals surface area contributed by atoms with Gasteiger partial charge in [-0.25, -0.2) is 0 Å². The molecule has 1 amide bonds. The van der Waals surface area contributed by atoms with Gasteiger partial charge in [-0.2, -0.15) is 0 Å². The fourth-order valence-electron chi connectivity index (χ4n) is 3.46. The molecule has 1 atom stereocenters. The van der Waals surface area contributed by atoms with E-state index in [1.165, 1.54) is 6.92 Å². The number of hydrogen-bond donors (Lipinski definition) is 2. The zero-order chi connectivity index (χ0) is 18.7. The van der Waals surface area contributed by atoms with Crippen LogP contribution in [0.25, 0.3) is 0 Å². The molecule has 2 aliphatic rings. The van der Waals surface area contributed by atoms with E-state index in [-0.39, 0.29) is 18.1 Å². The van der Waals surface area contributed by atoms with Gasteiger partial charge in [0.2, 0.25) is 5.91 Å². The van der Waals surface area contributed by atoms with E-state index >= 15 is 0 Å². The van der Waals surface area contributed by atoms with Crippen molar-refractivity contribution in [2.45, 2.75) is 13.0 Å². The zero-order valence-corrected chi connectivity index (χ0v) is 15.1. The number of piperazine rings is 1. The Kier molecular flexibility index (Phi) is 5.90. The highest BCUT2D eigenvalue weighted by molar-refractivity contribution is 5.76. The molecule has 0 aliphatic carbocycles. The van der Waals surface area contributed by atoms with Gasteiger partial charge in [-0.15, -0.1) is 0 Å².